The molecular weight excluding hydrogens is 368 g/mol. The Morgan fingerprint density at radius 1 is 1.17 bits per heavy atom. The van der Waals surface area contributed by atoms with Crippen LogP contribution >= 0.6 is 0 Å². The Morgan fingerprint density at radius 2 is 1.93 bits per heavy atom. The van der Waals surface area contributed by atoms with E-state index >= 15 is 0 Å². The van der Waals surface area contributed by atoms with Crippen LogP contribution < -0.4 is 10.1 Å². The number of tetrazole rings is 1. The SMILES string of the molecule is COc1cnc(C)cc1C(=O)NC1CCC(n2nnc(-c3ccccc3)n2)CC1. The lowest BCUT2D eigenvalue weighted by Gasteiger charge is -2.28. The van der Waals surface area contributed by atoms with Crippen LogP contribution in [0.15, 0.2) is 42.6 Å². The molecule has 1 aliphatic rings. The fourth-order valence-corrected chi connectivity index (χ4v) is 3.68. The molecule has 1 aliphatic carbocycles. The van der Waals surface area contributed by atoms with Crippen molar-refractivity contribution in [1.82, 2.24) is 30.5 Å². The van der Waals surface area contributed by atoms with Crippen molar-refractivity contribution in [2.75, 3.05) is 7.11 Å². The van der Waals surface area contributed by atoms with Gasteiger partial charge in [-0.2, -0.15) is 4.80 Å². The number of methoxy groups -OCH3 is 1. The molecule has 1 amide bonds. The van der Waals surface area contributed by atoms with Crippen molar-refractivity contribution < 1.29 is 9.53 Å². The van der Waals surface area contributed by atoms with E-state index in [9.17, 15) is 4.79 Å². The number of aryl methyl sites for hydroxylation is 1. The summed E-state index contributed by atoms with van der Waals surface area (Å²) in [6, 6.07) is 11.9. The van der Waals surface area contributed by atoms with Crippen LogP contribution in [0.2, 0.25) is 0 Å². The number of amides is 1. The first-order valence-corrected chi connectivity index (χ1v) is 9.80. The van der Waals surface area contributed by atoms with Gasteiger partial charge in [-0.25, -0.2) is 0 Å². The van der Waals surface area contributed by atoms with Gasteiger partial charge in [-0.3, -0.25) is 9.78 Å². The standard InChI is InChI=1S/C21H24N6O2/c1-14-12-18(19(29-2)13-22-14)21(28)23-16-8-10-17(11-9-16)27-25-20(24-26-27)15-6-4-3-5-7-15/h3-7,12-13,16-17H,8-11H2,1-2H3,(H,23,28). The van der Waals surface area contributed by atoms with E-state index in [0.717, 1.165) is 36.9 Å². The van der Waals surface area contributed by atoms with E-state index in [1.807, 2.05) is 37.3 Å². The molecule has 0 unspecified atom stereocenters. The number of carbonyl (C=O) groups excluding carboxylic acids is 1. The van der Waals surface area contributed by atoms with E-state index in [1.54, 1.807) is 24.2 Å². The maximum atomic E-state index is 12.7. The highest BCUT2D eigenvalue weighted by molar-refractivity contribution is 5.97. The van der Waals surface area contributed by atoms with E-state index in [-0.39, 0.29) is 18.0 Å². The Balaban J connectivity index is 1.36. The highest BCUT2D eigenvalue weighted by atomic mass is 16.5. The Labute approximate surface area is 169 Å². The fourth-order valence-electron chi connectivity index (χ4n) is 3.68. The summed E-state index contributed by atoms with van der Waals surface area (Å²) in [4.78, 5) is 18.6. The lowest BCUT2D eigenvalue weighted by Crippen LogP contribution is -2.38. The van der Waals surface area contributed by atoms with Crippen molar-refractivity contribution in [2.45, 2.75) is 44.7 Å². The number of rotatable bonds is 5. The molecule has 0 bridgehead atoms. The van der Waals surface area contributed by atoms with Gasteiger partial charge in [0.2, 0.25) is 5.82 Å². The molecule has 1 aromatic carbocycles. The van der Waals surface area contributed by atoms with Gasteiger partial charge in [0.05, 0.1) is 24.9 Å². The first-order valence-electron chi connectivity index (χ1n) is 9.80. The number of ether oxygens (including phenoxy) is 1. The van der Waals surface area contributed by atoms with Gasteiger partial charge in [-0.1, -0.05) is 30.3 Å². The van der Waals surface area contributed by atoms with Gasteiger partial charge in [-0.15, -0.1) is 10.2 Å². The highest BCUT2D eigenvalue weighted by Gasteiger charge is 2.26. The normalized spacial score (nSPS) is 19.0. The minimum absolute atomic E-state index is 0.119. The van der Waals surface area contributed by atoms with Gasteiger partial charge in [0.1, 0.15) is 5.75 Å². The van der Waals surface area contributed by atoms with E-state index in [0.29, 0.717) is 17.1 Å². The van der Waals surface area contributed by atoms with E-state index < -0.39 is 0 Å². The van der Waals surface area contributed by atoms with Gasteiger partial charge in [0.25, 0.3) is 5.91 Å². The zero-order valence-corrected chi connectivity index (χ0v) is 16.6. The molecule has 150 valence electrons. The lowest BCUT2D eigenvalue weighted by molar-refractivity contribution is 0.0917. The first-order chi connectivity index (χ1) is 14.1. The van der Waals surface area contributed by atoms with Gasteiger partial charge in [-0.05, 0) is 43.9 Å². The maximum absolute atomic E-state index is 12.7. The van der Waals surface area contributed by atoms with Crippen LogP contribution in [0.3, 0.4) is 0 Å². The van der Waals surface area contributed by atoms with E-state index in [4.69, 9.17) is 4.74 Å². The van der Waals surface area contributed by atoms with E-state index in [1.165, 1.54) is 0 Å². The highest BCUT2D eigenvalue weighted by Crippen LogP contribution is 2.28. The van der Waals surface area contributed by atoms with Crippen molar-refractivity contribution >= 4 is 5.91 Å². The lowest BCUT2D eigenvalue weighted by atomic mass is 9.91. The summed E-state index contributed by atoms with van der Waals surface area (Å²) in [7, 11) is 1.54. The second kappa shape index (κ2) is 8.38. The van der Waals surface area contributed by atoms with Crippen LogP contribution in [0.5, 0.6) is 5.75 Å². The monoisotopic (exact) mass is 392 g/mol. The largest absolute Gasteiger partial charge is 0.494 e. The van der Waals surface area contributed by atoms with Crippen LogP contribution in [-0.2, 0) is 0 Å². The Kier molecular flexibility index (Phi) is 5.50. The zero-order chi connectivity index (χ0) is 20.2. The van der Waals surface area contributed by atoms with Crippen molar-refractivity contribution in [1.29, 1.82) is 0 Å². The van der Waals surface area contributed by atoms with Gasteiger partial charge >= 0.3 is 0 Å². The molecule has 8 nitrogen and oxygen atoms in total. The van der Waals surface area contributed by atoms with Gasteiger partial charge in [0.15, 0.2) is 0 Å². The van der Waals surface area contributed by atoms with Crippen LogP contribution in [-0.4, -0.2) is 44.3 Å². The third-order valence-electron chi connectivity index (χ3n) is 5.29. The number of benzene rings is 1. The second-order valence-corrected chi connectivity index (χ2v) is 7.30. The Hall–Kier alpha value is -3.29. The summed E-state index contributed by atoms with van der Waals surface area (Å²) < 4.78 is 5.27. The van der Waals surface area contributed by atoms with Gasteiger partial charge < -0.3 is 10.1 Å². The number of nitrogens with one attached hydrogen (secondary N) is 1. The smallest absolute Gasteiger partial charge is 0.255 e. The molecular formula is C21H24N6O2. The van der Waals surface area contributed by atoms with Crippen LogP contribution in [0, 0.1) is 6.92 Å². The molecule has 2 heterocycles. The molecule has 0 aliphatic heterocycles. The molecule has 29 heavy (non-hydrogen) atoms. The van der Waals surface area contributed by atoms with Crippen molar-refractivity contribution in [3.05, 3.63) is 53.9 Å². The van der Waals surface area contributed by atoms with Crippen molar-refractivity contribution in [2.24, 2.45) is 0 Å². The van der Waals surface area contributed by atoms with E-state index in [2.05, 4.69) is 25.7 Å². The first kappa shape index (κ1) is 19.0. The van der Waals surface area contributed by atoms with Crippen molar-refractivity contribution in [3.63, 3.8) is 0 Å². The number of hydrogen-bond acceptors (Lipinski definition) is 6. The minimum Gasteiger partial charge on any atom is -0.494 e. The molecule has 1 N–H and O–H groups in total. The third-order valence-corrected chi connectivity index (χ3v) is 5.29. The third kappa shape index (κ3) is 4.26. The number of carbonyl (C=O) groups is 1. The second-order valence-electron chi connectivity index (χ2n) is 7.30. The number of nitrogens with zero attached hydrogens (tertiary/aromatic N) is 5. The molecule has 4 rings (SSSR count). The quantitative estimate of drug-likeness (QED) is 0.717. The number of hydrogen-bond donors (Lipinski definition) is 1. The summed E-state index contributed by atoms with van der Waals surface area (Å²) >= 11 is 0. The number of pyridine rings is 1. The summed E-state index contributed by atoms with van der Waals surface area (Å²) in [5, 5.41) is 16.1. The van der Waals surface area contributed by atoms with Crippen LogP contribution in [0.25, 0.3) is 11.4 Å². The average Bonchev–Trinajstić information content (AvgIpc) is 3.25. The van der Waals surface area contributed by atoms with Crippen LogP contribution in [0.1, 0.15) is 47.8 Å². The average molecular weight is 392 g/mol. The Morgan fingerprint density at radius 3 is 2.66 bits per heavy atom. The fraction of sp³-hybridized carbons (Fsp3) is 0.381. The molecule has 3 aromatic rings. The topological polar surface area (TPSA) is 94.8 Å². The molecule has 0 spiro atoms. The summed E-state index contributed by atoms with van der Waals surface area (Å²) in [5.74, 6) is 1.00. The molecule has 0 atom stereocenters. The predicted molar refractivity (Wildman–Crippen MR) is 108 cm³/mol. The van der Waals surface area contributed by atoms with Crippen molar-refractivity contribution in [3.8, 4) is 17.1 Å². The summed E-state index contributed by atoms with van der Waals surface area (Å²) in [6.07, 6.45) is 5.10. The predicted octanol–water partition coefficient (Wildman–Crippen LogP) is 2.97. The summed E-state index contributed by atoms with van der Waals surface area (Å²) in [5.41, 5.74) is 2.26. The Bertz CT molecular complexity index is 980. The van der Waals surface area contributed by atoms with Crippen LogP contribution in [0.4, 0.5) is 0 Å². The molecule has 2 aromatic heterocycles. The summed E-state index contributed by atoms with van der Waals surface area (Å²) in [6.45, 7) is 1.86. The number of aromatic nitrogens is 5. The molecule has 1 saturated carbocycles. The van der Waals surface area contributed by atoms with Gasteiger partial charge in [0, 0.05) is 17.3 Å². The molecule has 8 heteroatoms. The minimum atomic E-state index is -0.124. The molecule has 0 saturated heterocycles. The maximum Gasteiger partial charge on any atom is 0.255 e. The zero-order valence-electron chi connectivity index (χ0n) is 16.6. The molecule has 1 fully saturated rings. The molecule has 0 radical (unpaired) electrons.